The molecule has 1 N–H and O–H groups in total. The maximum atomic E-state index is 13.0. The molecule has 0 radical (unpaired) electrons. The van der Waals surface area contributed by atoms with Gasteiger partial charge in [-0.15, -0.1) is 0 Å². The van der Waals surface area contributed by atoms with Crippen LogP contribution >= 0.6 is 0 Å². The quantitative estimate of drug-likeness (QED) is 0.865. The van der Waals surface area contributed by atoms with E-state index in [-0.39, 0.29) is 23.5 Å². The van der Waals surface area contributed by atoms with Gasteiger partial charge in [-0.2, -0.15) is 9.37 Å². The van der Waals surface area contributed by atoms with Crippen LogP contribution in [0.15, 0.2) is 41.3 Å². The van der Waals surface area contributed by atoms with E-state index in [4.69, 9.17) is 4.74 Å². The first kappa shape index (κ1) is 14.2. The maximum Gasteiger partial charge on any atom is 0.260 e. The number of pyridine rings is 2. The Morgan fingerprint density at radius 3 is 3.00 bits per heavy atom. The molecule has 0 saturated carbocycles. The molecule has 22 heavy (non-hydrogen) atoms. The molecule has 0 aromatic carbocycles. The number of hydrogen-bond acceptors (Lipinski definition) is 4. The van der Waals surface area contributed by atoms with E-state index in [0.29, 0.717) is 19.5 Å². The summed E-state index contributed by atoms with van der Waals surface area (Å²) in [5.74, 6) is -0.753. The molecule has 0 aliphatic carbocycles. The summed E-state index contributed by atoms with van der Waals surface area (Å²) in [6, 6.07) is 7.41. The van der Waals surface area contributed by atoms with Crippen molar-refractivity contribution >= 4 is 5.91 Å². The summed E-state index contributed by atoms with van der Waals surface area (Å²) in [6.07, 6.45) is 1.82. The van der Waals surface area contributed by atoms with Crippen LogP contribution in [-0.2, 0) is 0 Å². The van der Waals surface area contributed by atoms with Gasteiger partial charge in [0.05, 0.1) is 6.54 Å². The Hall–Kier alpha value is -2.70. The highest BCUT2D eigenvalue weighted by atomic mass is 19.1. The lowest BCUT2D eigenvalue weighted by molar-refractivity contribution is 0.0769. The van der Waals surface area contributed by atoms with Crippen molar-refractivity contribution in [1.29, 1.82) is 0 Å². The summed E-state index contributed by atoms with van der Waals surface area (Å²) in [5.41, 5.74) is -0.310. The minimum Gasteiger partial charge on any atom is -0.472 e. The third-order valence-corrected chi connectivity index (χ3v) is 3.46. The maximum absolute atomic E-state index is 13.0. The Morgan fingerprint density at radius 2 is 2.23 bits per heavy atom. The van der Waals surface area contributed by atoms with Crippen LogP contribution in [-0.4, -0.2) is 40.0 Å². The Kier molecular flexibility index (Phi) is 3.86. The van der Waals surface area contributed by atoms with Crippen molar-refractivity contribution < 1.29 is 13.9 Å². The zero-order valence-corrected chi connectivity index (χ0v) is 11.7. The molecule has 3 heterocycles. The van der Waals surface area contributed by atoms with Crippen molar-refractivity contribution in [2.45, 2.75) is 12.5 Å². The number of carbonyl (C=O) groups excluding carboxylic acids is 1. The number of aromatic nitrogens is 2. The van der Waals surface area contributed by atoms with Gasteiger partial charge in [0.2, 0.25) is 11.8 Å². The number of hydrogen-bond donors (Lipinski definition) is 1. The predicted molar refractivity (Wildman–Crippen MR) is 76.2 cm³/mol. The number of ether oxygens (including phenoxy) is 1. The third-order valence-electron chi connectivity index (χ3n) is 3.46. The number of nitrogens with zero attached hydrogens (tertiary/aromatic N) is 2. The van der Waals surface area contributed by atoms with E-state index < -0.39 is 11.5 Å². The van der Waals surface area contributed by atoms with Crippen molar-refractivity contribution in [1.82, 2.24) is 14.9 Å². The highest BCUT2D eigenvalue weighted by Crippen LogP contribution is 2.18. The number of likely N-dealkylation sites (tertiary alicyclic amines) is 1. The smallest absolute Gasteiger partial charge is 0.260 e. The Bertz CT molecular complexity index is 747. The molecule has 1 atom stereocenters. The molecular weight excluding hydrogens is 289 g/mol. The Morgan fingerprint density at radius 1 is 1.36 bits per heavy atom. The molecule has 2 aromatic rings. The first-order valence-corrected chi connectivity index (χ1v) is 6.89. The number of nitrogens with one attached hydrogen (secondary N) is 1. The van der Waals surface area contributed by atoms with Gasteiger partial charge in [0.15, 0.2) is 0 Å². The second kappa shape index (κ2) is 5.97. The number of rotatable bonds is 3. The van der Waals surface area contributed by atoms with Gasteiger partial charge in [-0.1, -0.05) is 6.07 Å². The van der Waals surface area contributed by atoms with Crippen LogP contribution in [0.3, 0.4) is 0 Å². The summed E-state index contributed by atoms with van der Waals surface area (Å²) in [4.78, 5) is 31.6. The van der Waals surface area contributed by atoms with E-state index in [9.17, 15) is 14.0 Å². The normalized spacial score (nSPS) is 17.5. The summed E-state index contributed by atoms with van der Waals surface area (Å²) >= 11 is 0. The SMILES string of the molecule is O=C(c1ccc[nH]c1=O)N1CCC(Oc2cccc(F)n2)C1. The fraction of sp³-hybridized carbons (Fsp3) is 0.267. The van der Waals surface area contributed by atoms with Crippen LogP contribution < -0.4 is 10.3 Å². The van der Waals surface area contributed by atoms with Crippen molar-refractivity contribution in [3.8, 4) is 5.88 Å². The molecular formula is C15H14FN3O3. The van der Waals surface area contributed by atoms with Gasteiger partial charge in [-0.05, 0) is 18.2 Å². The number of amides is 1. The number of carbonyl (C=O) groups is 1. The molecule has 114 valence electrons. The second-order valence-corrected chi connectivity index (χ2v) is 4.99. The minimum absolute atomic E-state index is 0.104. The highest BCUT2D eigenvalue weighted by molar-refractivity contribution is 5.94. The first-order chi connectivity index (χ1) is 10.6. The predicted octanol–water partition coefficient (Wildman–Crippen LogP) is 1.20. The molecule has 7 heteroatoms. The summed E-state index contributed by atoms with van der Waals surface area (Å²) < 4.78 is 18.6. The van der Waals surface area contributed by atoms with Crippen molar-refractivity contribution in [2.75, 3.05) is 13.1 Å². The van der Waals surface area contributed by atoms with E-state index in [0.717, 1.165) is 0 Å². The fourth-order valence-corrected chi connectivity index (χ4v) is 2.40. The highest BCUT2D eigenvalue weighted by Gasteiger charge is 2.29. The number of aromatic amines is 1. The van der Waals surface area contributed by atoms with Crippen LogP contribution in [0.1, 0.15) is 16.8 Å². The molecule has 1 aliphatic rings. The lowest BCUT2D eigenvalue weighted by atomic mass is 10.2. The average Bonchev–Trinajstić information content (AvgIpc) is 2.95. The number of halogens is 1. The Labute approximate surface area is 125 Å². The van der Waals surface area contributed by atoms with Gasteiger partial charge in [0.25, 0.3) is 11.5 Å². The van der Waals surface area contributed by atoms with E-state index >= 15 is 0 Å². The van der Waals surface area contributed by atoms with E-state index in [1.165, 1.54) is 24.4 Å². The van der Waals surface area contributed by atoms with Crippen LogP contribution in [0.5, 0.6) is 5.88 Å². The standard InChI is InChI=1S/C15H14FN3O3/c16-12-4-1-5-13(18-12)22-10-6-8-19(9-10)15(21)11-3-2-7-17-14(11)20/h1-5,7,10H,6,8-9H2,(H,17,20). The zero-order valence-electron chi connectivity index (χ0n) is 11.7. The summed E-state index contributed by atoms with van der Waals surface area (Å²) in [7, 11) is 0. The average molecular weight is 303 g/mol. The zero-order chi connectivity index (χ0) is 15.5. The van der Waals surface area contributed by atoms with Gasteiger partial charge >= 0.3 is 0 Å². The van der Waals surface area contributed by atoms with E-state index in [1.807, 2.05) is 0 Å². The largest absolute Gasteiger partial charge is 0.472 e. The van der Waals surface area contributed by atoms with Crippen molar-refractivity contribution in [3.05, 3.63) is 58.4 Å². The molecule has 2 aromatic heterocycles. The molecule has 6 nitrogen and oxygen atoms in total. The van der Waals surface area contributed by atoms with Gasteiger partial charge in [-0.25, -0.2) is 0 Å². The summed E-state index contributed by atoms with van der Waals surface area (Å²) in [5, 5.41) is 0. The fourth-order valence-electron chi connectivity index (χ4n) is 2.40. The monoisotopic (exact) mass is 303 g/mol. The minimum atomic E-state index is -0.612. The van der Waals surface area contributed by atoms with Gasteiger partial charge in [-0.3, -0.25) is 9.59 Å². The molecule has 1 saturated heterocycles. The third kappa shape index (κ3) is 2.98. The second-order valence-electron chi connectivity index (χ2n) is 4.99. The molecule has 0 spiro atoms. The van der Waals surface area contributed by atoms with E-state index in [1.54, 1.807) is 17.0 Å². The lowest BCUT2D eigenvalue weighted by Gasteiger charge is -2.16. The van der Waals surface area contributed by atoms with Gasteiger partial charge < -0.3 is 14.6 Å². The van der Waals surface area contributed by atoms with Crippen LogP contribution in [0.2, 0.25) is 0 Å². The molecule has 1 fully saturated rings. The Balaban J connectivity index is 1.66. The summed E-state index contributed by atoms with van der Waals surface area (Å²) in [6.45, 7) is 0.818. The lowest BCUT2D eigenvalue weighted by Crippen LogP contribution is -2.34. The van der Waals surface area contributed by atoms with Crippen molar-refractivity contribution in [3.63, 3.8) is 0 Å². The van der Waals surface area contributed by atoms with Crippen LogP contribution in [0.25, 0.3) is 0 Å². The van der Waals surface area contributed by atoms with Gasteiger partial charge in [0.1, 0.15) is 11.7 Å². The molecule has 3 rings (SSSR count). The van der Waals surface area contributed by atoms with E-state index in [2.05, 4.69) is 9.97 Å². The van der Waals surface area contributed by atoms with Crippen LogP contribution in [0.4, 0.5) is 4.39 Å². The van der Waals surface area contributed by atoms with Crippen LogP contribution in [0, 0.1) is 5.95 Å². The molecule has 0 bridgehead atoms. The molecule has 1 aliphatic heterocycles. The first-order valence-electron chi connectivity index (χ1n) is 6.89. The van der Waals surface area contributed by atoms with Crippen molar-refractivity contribution in [2.24, 2.45) is 0 Å². The number of H-pyrrole nitrogens is 1. The molecule has 1 amide bonds. The van der Waals surface area contributed by atoms with Gasteiger partial charge in [0, 0.05) is 25.2 Å². The topological polar surface area (TPSA) is 75.3 Å². The molecule has 1 unspecified atom stereocenters.